The number of thiophene rings is 1. The fourth-order valence-corrected chi connectivity index (χ4v) is 6.25. The zero-order chi connectivity index (χ0) is 25.1. The van der Waals surface area contributed by atoms with Crippen molar-refractivity contribution in [2.24, 2.45) is 12.0 Å². The summed E-state index contributed by atoms with van der Waals surface area (Å²) in [7, 11) is 1.84. The number of thioether (sulfide) groups is 1. The van der Waals surface area contributed by atoms with Gasteiger partial charge >= 0.3 is 5.97 Å². The van der Waals surface area contributed by atoms with E-state index in [9.17, 15) is 14.4 Å². The number of nitrogens with one attached hydrogen (secondary N) is 1. The number of nitrogens with zero attached hydrogens (tertiary/aromatic N) is 4. The lowest BCUT2D eigenvalue weighted by Gasteiger charge is -2.15. The number of aromatic nitrogens is 2. The van der Waals surface area contributed by atoms with Gasteiger partial charge in [0.1, 0.15) is 10.7 Å². The van der Waals surface area contributed by atoms with Gasteiger partial charge in [0, 0.05) is 29.7 Å². The number of aliphatic imine (C=N–C) groups is 1. The van der Waals surface area contributed by atoms with E-state index in [0.29, 0.717) is 28.0 Å². The predicted octanol–water partition coefficient (Wildman–Crippen LogP) is 3.78. The number of aryl methyl sites for hydroxylation is 2. The zero-order valence-corrected chi connectivity index (χ0v) is 22.0. The quantitative estimate of drug-likeness (QED) is 0.444. The van der Waals surface area contributed by atoms with E-state index < -0.39 is 5.97 Å². The van der Waals surface area contributed by atoms with Crippen molar-refractivity contribution in [3.05, 3.63) is 39.2 Å². The van der Waals surface area contributed by atoms with Crippen LogP contribution >= 0.6 is 23.1 Å². The van der Waals surface area contributed by atoms with E-state index in [1.807, 2.05) is 20.9 Å². The normalized spacial score (nSPS) is 16.5. The first-order valence-electron chi connectivity index (χ1n) is 11.7. The van der Waals surface area contributed by atoms with Crippen LogP contribution in [-0.4, -0.2) is 56.5 Å². The highest BCUT2D eigenvalue weighted by Gasteiger charge is 2.31. The molecule has 11 heteroatoms. The minimum absolute atomic E-state index is 0.0621. The highest BCUT2D eigenvalue weighted by atomic mass is 32.2. The number of hydrogen-bond acceptors (Lipinski definition) is 8. The van der Waals surface area contributed by atoms with Crippen LogP contribution in [0.25, 0.3) is 6.08 Å². The molecule has 0 radical (unpaired) electrons. The van der Waals surface area contributed by atoms with Crippen LogP contribution in [0.1, 0.15) is 58.7 Å². The second-order valence-corrected chi connectivity index (χ2v) is 10.3. The van der Waals surface area contributed by atoms with Crippen molar-refractivity contribution >= 4 is 57.1 Å². The van der Waals surface area contributed by atoms with Crippen LogP contribution < -0.4 is 5.32 Å². The van der Waals surface area contributed by atoms with Crippen LogP contribution in [0.5, 0.6) is 0 Å². The van der Waals surface area contributed by atoms with E-state index >= 15 is 0 Å². The molecule has 35 heavy (non-hydrogen) atoms. The molecule has 2 aliphatic rings. The molecule has 0 saturated heterocycles. The lowest BCUT2D eigenvalue weighted by molar-refractivity contribution is -0.122. The number of rotatable bonds is 7. The maximum absolute atomic E-state index is 12.9. The van der Waals surface area contributed by atoms with Gasteiger partial charge in [-0.15, -0.1) is 11.3 Å². The first-order valence-corrected chi connectivity index (χ1v) is 13.5. The summed E-state index contributed by atoms with van der Waals surface area (Å²) in [6.45, 7) is 6.29. The molecule has 0 saturated carbocycles. The molecule has 0 fully saturated rings. The Morgan fingerprint density at radius 2 is 2.06 bits per heavy atom. The third-order valence-electron chi connectivity index (χ3n) is 6.03. The Morgan fingerprint density at radius 3 is 2.74 bits per heavy atom. The van der Waals surface area contributed by atoms with Gasteiger partial charge < -0.3 is 10.1 Å². The summed E-state index contributed by atoms with van der Waals surface area (Å²) in [6, 6.07) is 0. The minimum Gasteiger partial charge on any atom is -0.462 e. The van der Waals surface area contributed by atoms with Crippen molar-refractivity contribution in [3.63, 3.8) is 0 Å². The van der Waals surface area contributed by atoms with E-state index in [-0.39, 0.29) is 24.2 Å². The van der Waals surface area contributed by atoms with Crippen molar-refractivity contribution in [2.75, 3.05) is 24.2 Å². The van der Waals surface area contributed by atoms with Crippen molar-refractivity contribution in [3.8, 4) is 0 Å². The van der Waals surface area contributed by atoms with Gasteiger partial charge in [-0.05, 0) is 58.1 Å². The predicted molar refractivity (Wildman–Crippen MR) is 139 cm³/mol. The van der Waals surface area contributed by atoms with Gasteiger partial charge in [-0.3, -0.25) is 19.2 Å². The van der Waals surface area contributed by atoms with E-state index in [0.717, 1.165) is 47.4 Å². The molecule has 0 unspecified atom stereocenters. The van der Waals surface area contributed by atoms with Crippen molar-refractivity contribution in [1.82, 2.24) is 14.7 Å². The van der Waals surface area contributed by atoms with Gasteiger partial charge in [0.2, 0.25) is 5.91 Å². The molecular weight excluding hydrogens is 486 g/mol. The Hall–Kier alpha value is -2.92. The SMILES string of the molecule is CCOC(=O)c1c(NC(=O)CSC2=N/C(=C/c3cnn(C)c3C)C(=O)N2CC)sc2c1CCCC2. The van der Waals surface area contributed by atoms with Gasteiger partial charge in [-0.25, -0.2) is 9.79 Å². The third-order valence-corrected chi connectivity index (χ3v) is 8.21. The molecule has 0 spiro atoms. The van der Waals surface area contributed by atoms with Gasteiger partial charge in [0.05, 0.1) is 24.1 Å². The molecule has 0 aromatic carbocycles. The summed E-state index contributed by atoms with van der Waals surface area (Å²) in [6.07, 6.45) is 7.25. The Morgan fingerprint density at radius 1 is 1.29 bits per heavy atom. The van der Waals surface area contributed by atoms with Crippen LogP contribution in [0, 0.1) is 6.92 Å². The second kappa shape index (κ2) is 10.8. The molecule has 1 aliphatic carbocycles. The van der Waals surface area contributed by atoms with Crippen LogP contribution in [0.15, 0.2) is 16.9 Å². The zero-order valence-electron chi connectivity index (χ0n) is 20.3. The summed E-state index contributed by atoms with van der Waals surface area (Å²) in [5.74, 6) is -0.787. The molecule has 2 amide bonds. The average molecular weight is 516 g/mol. The molecule has 1 N–H and O–H groups in total. The molecule has 2 aromatic heterocycles. The smallest absolute Gasteiger partial charge is 0.341 e. The fourth-order valence-electron chi connectivity index (χ4n) is 4.09. The standard InChI is InChI=1S/C24H29N5O4S2/c1-5-29-22(31)17(11-15-12-25-28(4)14(15)3)26-24(29)34-13-19(30)27-21-20(23(32)33-6-2)16-9-7-8-10-18(16)35-21/h11-12H,5-10,13H2,1-4H3,(H,27,30)/b17-11+. The van der Waals surface area contributed by atoms with E-state index in [4.69, 9.17) is 4.74 Å². The second-order valence-electron chi connectivity index (χ2n) is 8.25. The largest absolute Gasteiger partial charge is 0.462 e. The highest BCUT2D eigenvalue weighted by Crippen LogP contribution is 2.38. The Bertz CT molecular complexity index is 1230. The Kier molecular flexibility index (Phi) is 7.75. The molecule has 9 nitrogen and oxygen atoms in total. The van der Waals surface area contributed by atoms with E-state index in [1.165, 1.54) is 23.1 Å². The molecule has 0 atom stereocenters. The lowest BCUT2D eigenvalue weighted by atomic mass is 9.95. The molecular formula is C24H29N5O4S2. The molecule has 3 heterocycles. The molecule has 0 bridgehead atoms. The maximum atomic E-state index is 12.9. The van der Waals surface area contributed by atoms with Gasteiger partial charge in [-0.1, -0.05) is 11.8 Å². The molecule has 4 rings (SSSR count). The van der Waals surface area contributed by atoms with Crippen LogP contribution in [0.4, 0.5) is 5.00 Å². The Labute approximate surface area is 212 Å². The first-order chi connectivity index (χ1) is 16.8. The number of anilines is 1. The van der Waals surface area contributed by atoms with Gasteiger partial charge in [0.25, 0.3) is 5.91 Å². The molecule has 186 valence electrons. The topological polar surface area (TPSA) is 106 Å². The van der Waals surface area contributed by atoms with E-state index in [1.54, 1.807) is 28.8 Å². The van der Waals surface area contributed by atoms with Crippen molar-refractivity contribution < 1.29 is 19.1 Å². The number of carbonyl (C=O) groups excluding carboxylic acids is 3. The van der Waals surface area contributed by atoms with Crippen molar-refractivity contribution in [2.45, 2.75) is 46.5 Å². The number of amides is 2. The van der Waals surface area contributed by atoms with Gasteiger partial charge in [-0.2, -0.15) is 5.10 Å². The monoisotopic (exact) mass is 515 g/mol. The number of amidine groups is 1. The molecule has 1 aliphatic heterocycles. The minimum atomic E-state index is -0.391. The van der Waals surface area contributed by atoms with Crippen LogP contribution in [-0.2, 0) is 34.2 Å². The number of esters is 1. The third kappa shape index (κ3) is 5.20. The number of likely N-dealkylation sites (N-methyl/N-ethyl adjacent to an activating group) is 1. The lowest BCUT2D eigenvalue weighted by Crippen LogP contribution is -2.31. The van der Waals surface area contributed by atoms with Crippen LogP contribution in [0.3, 0.4) is 0 Å². The summed E-state index contributed by atoms with van der Waals surface area (Å²) in [4.78, 5) is 45.5. The summed E-state index contributed by atoms with van der Waals surface area (Å²) >= 11 is 2.66. The van der Waals surface area contributed by atoms with E-state index in [2.05, 4.69) is 15.4 Å². The van der Waals surface area contributed by atoms with Crippen molar-refractivity contribution in [1.29, 1.82) is 0 Å². The molecule has 2 aromatic rings. The van der Waals surface area contributed by atoms with Gasteiger partial charge in [0.15, 0.2) is 5.17 Å². The average Bonchev–Trinajstić information content (AvgIpc) is 3.46. The Balaban J connectivity index is 1.48. The summed E-state index contributed by atoms with van der Waals surface area (Å²) < 4.78 is 7.00. The maximum Gasteiger partial charge on any atom is 0.341 e. The number of carbonyl (C=O) groups is 3. The fraction of sp³-hybridized carbons (Fsp3) is 0.458. The van der Waals surface area contributed by atoms with Crippen LogP contribution in [0.2, 0.25) is 0 Å². The number of ether oxygens (including phenoxy) is 1. The summed E-state index contributed by atoms with van der Waals surface area (Å²) in [5.41, 5.74) is 3.57. The number of fused-ring (bicyclic) bond motifs is 1. The number of hydrogen-bond donors (Lipinski definition) is 1. The summed E-state index contributed by atoms with van der Waals surface area (Å²) in [5, 5.41) is 8.14. The highest BCUT2D eigenvalue weighted by molar-refractivity contribution is 8.14. The first kappa shape index (κ1) is 25.2.